The molecule has 2 aromatic carbocycles. The standard InChI is InChI=1S/C22H25N3O5S/c1-23(15-17-8-4-2-5-9-17)31(28,29)18-10-11-19-20(14-18)30-22(27)25(19)16-21(26)24-12-6-3-7-13-24/h2,4-5,8-11,14H,3,6-7,12-13,15-16H2,1H3. The summed E-state index contributed by atoms with van der Waals surface area (Å²) in [6.45, 7) is 1.49. The Morgan fingerprint density at radius 1 is 1.06 bits per heavy atom. The van der Waals surface area contributed by atoms with E-state index in [1.54, 1.807) is 4.90 Å². The summed E-state index contributed by atoms with van der Waals surface area (Å²) in [4.78, 5) is 26.7. The first-order valence-corrected chi connectivity index (χ1v) is 11.7. The van der Waals surface area contributed by atoms with E-state index >= 15 is 0 Å². The van der Waals surface area contributed by atoms with Crippen LogP contribution in [0.25, 0.3) is 11.1 Å². The largest absolute Gasteiger partial charge is 0.420 e. The number of rotatable bonds is 6. The average Bonchev–Trinajstić information content (AvgIpc) is 3.09. The zero-order valence-electron chi connectivity index (χ0n) is 17.4. The Hall–Kier alpha value is -2.91. The maximum atomic E-state index is 13.0. The van der Waals surface area contributed by atoms with Crippen molar-refractivity contribution in [3.8, 4) is 0 Å². The van der Waals surface area contributed by atoms with Crippen LogP contribution in [0.2, 0.25) is 0 Å². The van der Waals surface area contributed by atoms with Gasteiger partial charge in [0.05, 0.1) is 10.4 Å². The minimum absolute atomic E-state index is 0.0293. The van der Waals surface area contributed by atoms with Gasteiger partial charge in [0.15, 0.2) is 5.58 Å². The minimum Gasteiger partial charge on any atom is -0.408 e. The fraction of sp³-hybridized carbons (Fsp3) is 0.364. The summed E-state index contributed by atoms with van der Waals surface area (Å²) in [5.74, 6) is -0.809. The van der Waals surface area contributed by atoms with E-state index in [0.29, 0.717) is 18.6 Å². The van der Waals surface area contributed by atoms with Crippen molar-refractivity contribution in [1.82, 2.24) is 13.8 Å². The number of hydrogen-bond acceptors (Lipinski definition) is 5. The van der Waals surface area contributed by atoms with Gasteiger partial charge in [-0.05, 0) is 37.0 Å². The highest BCUT2D eigenvalue weighted by atomic mass is 32.2. The Labute approximate surface area is 180 Å². The highest BCUT2D eigenvalue weighted by Crippen LogP contribution is 2.22. The third-order valence-corrected chi connectivity index (χ3v) is 7.40. The number of sulfonamides is 1. The van der Waals surface area contributed by atoms with E-state index in [0.717, 1.165) is 24.8 Å². The van der Waals surface area contributed by atoms with E-state index in [2.05, 4.69) is 0 Å². The molecule has 1 amide bonds. The van der Waals surface area contributed by atoms with Gasteiger partial charge in [-0.2, -0.15) is 4.31 Å². The number of oxazole rings is 1. The van der Waals surface area contributed by atoms with Gasteiger partial charge in [-0.3, -0.25) is 9.36 Å². The van der Waals surface area contributed by atoms with Gasteiger partial charge >= 0.3 is 5.76 Å². The van der Waals surface area contributed by atoms with Crippen LogP contribution in [0.3, 0.4) is 0 Å². The van der Waals surface area contributed by atoms with Crippen molar-refractivity contribution in [2.45, 2.75) is 37.2 Å². The van der Waals surface area contributed by atoms with Crippen LogP contribution in [0.15, 0.2) is 62.6 Å². The topological polar surface area (TPSA) is 92.8 Å². The molecule has 0 unspecified atom stereocenters. The second-order valence-corrected chi connectivity index (χ2v) is 9.82. The number of piperidine rings is 1. The maximum absolute atomic E-state index is 13.0. The molecule has 0 atom stereocenters. The smallest absolute Gasteiger partial charge is 0.408 e. The summed E-state index contributed by atoms with van der Waals surface area (Å²) in [7, 11) is -2.28. The van der Waals surface area contributed by atoms with Gasteiger partial charge < -0.3 is 9.32 Å². The maximum Gasteiger partial charge on any atom is 0.420 e. The number of nitrogens with zero attached hydrogens (tertiary/aromatic N) is 3. The van der Waals surface area contributed by atoms with Gasteiger partial charge in [-0.25, -0.2) is 13.2 Å². The Kier molecular flexibility index (Phi) is 5.97. The summed E-state index contributed by atoms with van der Waals surface area (Å²) in [6.07, 6.45) is 3.03. The molecule has 4 rings (SSSR count). The molecule has 2 heterocycles. The van der Waals surface area contributed by atoms with Crippen LogP contribution in [-0.2, 0) is 27.9 Å². The lowest BCUT2D eigenvalue weighted by molar-refractivity contribution is -0.132. The second kappa shape index (κ2) is 8.68. The Balaban J connectivity index is 1.58. The molecule has 3 aromatic rings. The lowest BCUT2D eigenvalue weighted by atomic mass is 10.1. The van der Waals surface area contributed by atoms with Crippen molar-refractivity contribution in [2.75, 3.05) is 20.1 Å². The zero-order valence-corrected chi connectivity index (χ0v) is 18.2. The number of carbonyl (C=O) groups is 1. The lowest BCUT2D eigenvalue weighted by Gasteiger charge is -2.26. The van der Waals surface area contributed by atoms with Crippen LogP contribution >= 0.6 is 0 Å². The number of likely N-dealkylation sites (tertiary alicyclic amines) is 1. The van der Waals surface area contributed by atoms with Crippen LogP contribution in [0.1, 0.15) is 24.8 Å². The molecular weight excluding hydrogens is 418 g/mol. The van der Waals surface area contributed by atoms with Crippen LogP contribution in [0, 0.1) is 0 Å². The molecule has 1 fully saturated rings. The van der Waals surface area contributed by atoms with E-state index < -0.39 is 15.8 Å². The summed E-state index contributed by atoms with van der Waals surface area (Å²) in [5.41, 5.74) is 1.41. The molecule has 8 nitrogen and oxygen atoms in total. The zero-order chi connectivity index (χ0) is 22.0. The van der Waals surface area contributed by atoms with Crippen LogP contribution in [0.5, 0.6) is 0 Å². The first-order valence-electron chi connectivity index (χ1n) is 10.3. The van der Waals surface area contributed by atoms with Gasteiger partial charge in [0.25, 0.3) is 0 Å². The Morgan fingerprint density at radius 2 is 1.77 bits per heavy atom. The summed E-state index contributed by atoms with van der Waals surface area (Å²) in [6, 6.07) is 13.6. The second-order valence-electron chi connectivity index (χ2n) is 7.77. The molecule has 0 radical (unpaired) electrons. The molecule has 0 aliphatic carbocycles. The number of aromatic nitrogens is 1. The molecule has 0 spiro atoms. The number of benzene rings is 2. The molecule has 1 aliphatic rings. The van der Waals surface area contributed by atoms with Gasteiger partial charge in [-0.15, -0.1) is 0 Å². The fourth-order valence-electron chi connectivity index (χ4n) is 3.84. The van der Waals surface area contributed by atoms with Crippen molar-refractivity contribution < 1.29 is 17.6 Å². The highest BCUT2D eigenvalue weighted by molar-refractivity contribution is 7.89. The van der Waals surface area contributed by atoms with E-state index in [9.17, 15) is 18.0 Å². The molecule has 0 N–H and O–H groups in total. The lowest BCUT2D eigenvalue weighted by Crippen LogP contribution is -2.39. The SMILES string of the molecule is CN(Cc1ccccc1)S(=O)(=O)c1ccc2c(c1)oc(=O)n2CC(=O)N1CCCCC1. The molecule has 1 aliphatic heterocycles. The first kappa shape index (κ1) is 21.3. The van der Waals surface area contributed by atoms with Crippen LogP contribution in [-0.4, -0.2) is 48.2 Å². The van der Waals surface area contributed by atoms with Crippen molar-refractivity contribution in [2.24, 2.45) is 0 Å². The summed E-state index contributed by atoms with van der Waals surface area (Å²) in [5, 5.41) is 0. The number of amides is 1. The van der Waals surface area contributed by atoms with Crippen molar-refractivity contribution in [3.05, 3.63) is 64.6 Å². The normalized spacial score (nSPS) is 15.0. The fourth-order valence-corrected chi connectivity index (χ4v) is 5.02. The molecule has 164 valence electrons. The monoisotopic (exact) mass is 443 g/mol. The van der Waals surface area contributed by atoms with Gasteiger partial charge in [0.1, 0.15) is 6.54 Å². The minimum atomic E-state index is -3.79. The van der Waals surface area contributed by atoms with Crippen molar-refractivity contribution >= 4 is 27.0 Å². The molecule has 1 aromatic heterocycles. The van der Waals surface area contributed by atoms with Crippen LogP contribution < -0.4 is 5.76 Å². The summed E-state index contributed by atoms with van der Waals surface area (Å²) >= 11 is 0. The number of carbonyl (C=O) groups excluding carboxylic acids is 1. The predicted molar refractivity (Wildman–Crippen MR) is 116 cm³/mol. The third kappa shape index (κ3) is 4.42. The average molecular weight is 444 g/mol. The quantitative estimate of drug-likeness (QED) is 0.583. The highest BCUT2D eigenvalue weighted by Gasteiger charge is 2.24. The molecule has 9 heteroatoms. The number of fused-ring (bicyclic) bond motifs is 1. The Morgan fingerprint density at radius 3 is 2.48 bits per heavy atom. The van der Waals surface area contributed by atoms with Crippen molar-refractivity contribution in [3.63, 3.8) is 0 Å². The summed E-state index contributed by atoms with van der Waals surface area (Å²) < 4.78 is 33.8. The molecule has 0 saturated carbocycles. The Bertz CT molecular complexity index is 1240. The van der Waals surface area contributed by atoms with Gasteiger partial charge in [0.2, 0.25) is 15.9 Å². The molecular formula is C22H25N3O5S. The predicted octanol–water partition coefficient (Wildman–Crippen LogP) is 2.43. The van der Waals surface area contributed by atoms with Gasteiger partial charge in [-0.1, -0.05) is 30.3 Å². The van der Waals surface area contributed by atoms with E-state index in [1.807, 2.05) is 30.3 Å². The van der Waals surface area contributed by atoms with E-state index in [4.69, 9.17) is 4.42 Å². The van der Waals surface area contributed by atoms with Crippen LogP contribution in [0.4, 0.5) is 0 Å². The van der Waals surface area contributed by atoms with Crippen molar-refractivity contribution in [1.29, 1.82) is 0 Å². The molecule has 0 bridgehead atoms. The third-order valence-electron chi connectivity index (χ3n) is 5.60. The van der Waals surface area contributed by atoms with E-state index in [-0.39, 0.29) is 29.5 Å². The first-order chi connectivity index (χ1) is 14.9. The van der Waals surface area contributed by atoms with Gasteiger partial charge in [0, 0.05) is 32.7 Å². The van der Waals surface area contributed by atoms with E-state index in [1.165, 1.54) is 34.1 Å². The molecule has 31 heavy (non-hydrogen) atoms. The molecule has 1 saturated heterocycles. The number of hydrogen-bond donors (Lipinski definition) is 0.